The lowest BCUT2D eigenvalue weighted by atomic mass is 9.90. The Morgan fingerprint density at radius 2 is 2.24 bits per heavy atom. The van der Waals surface area contributed by atoms with Crippen LogP contribution >= 0.6 is 0 Å². The summed E-state index contributed by atoms with van der Waals surface area (Å²) in [5.74, 6) is 0.889. The Kier molecular flexibility index (Phi) is 6.15. The van der Waals surface area contributed by atoms with E-state index in [0.29, 0.717) is 26.4 Å². The molecule has 2 aliphatic rings. The van der Waals surface area contributed by atoms with Crippen LogP contribution < -0.4 is 15.4 Å². The largest absolute Gasteiger partial charge is 0.494 e. The van der Waals surface area contributed by atoms with Crippen LogP contribution in [0.5, 0.6) is 5.75 Å². The Morgan fingerprint density at radius 1 is 1.36 bits per heavy atom. The molecule has 1 spiro atoms. The number of para-hydroxylation sites is 1. The smallest absolute Gasteiger partial charge is 0.315 e. The third kappa shape index (κ3) is 4.86. The van der Waals surface area contributed by atoms with Crippen molar-refractivity contribution in [2.75, 3.05) is 33.0 Å². The Morgan fingerprint density at radius 3 is 3.04 bits per heavy atom. The Labute approximate surface area is 149 Å². The minimum atomic E-state index is -0.188. The standard InChI is InChI=1S/C19H28N2O4/c1-2-24-17-6-4-3-5-15(17)7-10-20-18(22)21-16-8-11-25-19(13-16)9-12-23-14-19/h3-6,16H,2,7-14H2,1H3,(H2,20,21,22)/t16-,19+/m0/s1. The molecule has 2 heterocycles. The number of amides is 2. The summed E-state index contributed by atoms with van der Waals surface area (Å²) >= 11 is 0. The zero-order valence-electron chi connectivity index (χ0n) is 14.9. The minimum absolute atomic E-state index is 0.116. The molecule has 6 nitrogen and oxygen atoms in total. The number of hydrogen-bond acceptors (Lipinski definition) is 4. The molecular weight excluding hydrogens is 320 g/mol. The lowest BCUT2D eigenvalue weighted by Gasteiger charge is -2.37. The molecule has 0 aliphatic carbocycles. The zero-order valence-corrected chi connectivity index (χ0v) is 14.9. The first kappa shape index (κ1) is 18.0. The van der Waals surface area contributed by atoms with Gasteiger partial charge in [-0.2, -0.15) is 0 Å². The van der Waals surface area contributed by atoms with Crippen molar-refractivity contribution in [2.24, 2.45) is 0 Å². The molecule has 1 aromatic rings. The third-order valence-electron chi connectivity index (χ3n) is 4.85. The van der Waals surface area contributed by atoms with Gasteiger partial charge in [0.05, 0.1) is 18.8 Å². The monoisotopic (exact) mass is 348 g/mol. The van der Waals surface area contributed by atoms with Crippen LogP contribution in [0.25, 0.3) is 0 Å². The molecule has 2 aliphatic heterocycles. The first-order valence-corrected chi connectivity index (χ1v) is 9.17. The van der Waals surface area contributed by atoms with Gasteiger partial charge in [-0.1, -0.05) is 18.2 Å². The van der Waals surface area contributed by atoms with Crippen molar-refractivity contribution in [1.82, 2.24) is 10.6 Å². The van der Waals surface area contributed by atoms with Gasteiger partial charge in [0.2, 0.25) is 0 Å². The molecule has 0 bridgehead atoms. The maximum absolute atomic E-state index is 12.2. The normalized spacial score (nSPS) is 25.7. The second kappa shape index (κ2) is 8.54. The van der Waals surface area contributed by atoms with Gasteiger partial charge in [0, 0.05) is 32.2 Å². The minimum Gasteiger partial charge on any atom is -0.494 e. The Balaban J connectivity index is 1.42. The highest BCUT2D eigenvalue weighted by Gasteiger charge is 2.41. The summed E-state index contributed by atoms with van der Waals surface area (Å²) in [6, 6.07) is 7.98. The molecule has 6 heteroatoms. The van der Waals surface area contributed by atoms with E-state index in [1.54, 1.807) is 0 Å². The van der Waals surface area contributed by atoms with Crippen molar-refractivity contribution < 1.29 is 19.0 Å². The molecule has 0 aromatic heterocycles. The molecule has 2 amide bonds. The van der Waals surface area contributed by atoms with E-state index >= 15 is 0 Å². The SMILES string of the molecule is CCOc1ccccc1CCNC(=O)N[C@H]1CCO[C@]2(CCOC2)C1. The van der Waals surface area contributed by atoms with Crippen molar-refractivity contribution in [3.8, 4) is 5.75 Å². The summed E-state index contributed by atoms with van der Waals surface area (Å²) in [7, 11) is 0. The molecule has 3 rings (SSSR count). The molecule has 0 unspecified atom stereocenters. The molecular formula is C19H28N2O4. The number of carbonyl (C=O) groups excluding carboxylic acids is 1. The van der Waals surface area contributed by atoms with Crippen LogP contribution in [0, 0.1) is 0 Å². The Bertz CT molecular complexity index is 572. The van der Waals surface area contributed by atoms with Crippen LogP contribution in [0.1, 0.15) is 31.7 Å². The lowest BCUT2D eigenvalue weighted by molar-refractivity contribution is -0.0878. The maximum Gasteiger partial charge on any atom is 0.315 e. The van der Waals surface area contributed by atoms with E-state index in [9.17, 15) is 4.79 Å². The highest BCUT2D eigenvalue weighted by molar-refractivity contribution is 5.74. The van der Waals surface area contributed by atoms with Gasteiger partial charge >= 0.3 is 6.03 Å². The van der Waals surface area contributed by atoms with Gasteiger partial charge in [-0.3, -0.25) is 0 Å². The van der Waals surface area contributed by atoms with Crippen molar-refractivity contribution in [2.45, 2.75) is 44.2 Å². The van der Waals surface area contributed by atoms with Crippen molar-refractivity contribution in [1.29, 1.82) is 0 Å². The van der Waals surface area contributed by atoms with Crippen molar-refractivity contribution in [3.05, 3.63) is 29.8 Å². The number of nitrogens with one attached hydrogen (secondary N) is 2. The van der Waals surface area contributed by atoms with E-state index in [1.807, 2.05) is 31.2 Å². The van der Waals surface area contributed by atoms with Crippen LogP contribution in [0.3, 0.4) is 0 Å². The second-order valence-electron chi connectivity index (χ2n) is 6.71. The number of carbonyl (C=O) groups is 1. The predicted molar refractivity (Wildman–Crippen MR) is 95.0 cm³/mol. The molecule has 2 saturated heterocycles. The molecule has 25 heavy (non-hydrogen) atoms. The lowest BCUT2D eigenvalue weighted by Crippen LogP contribution is -2.51. The number of rotatable bonds is 6. The van der Waals surface area contributed by atoms with E-state index in [1.165, 1.54) is 0 Å². The van der Waals surface area contributed by atoms with Crippen LogP contribution in [0.2, 0.25) is 0 Å². The summed E-state index contributed by atoms with van der Waals surface area (Å²) < 4.78 is 17.0. The first-order chi connectivity index (χ1) is 12.2. The molecule has 138 valence electrons. The van der Waals surface area contributed by atoms with Crippen LogP contribution in [0.15, 0.2) is 24.3 Å². The molecule has 2 fully saturated rings. The summed E-state index contributed by atoms with van der Waals surface area (Å²) in [6.45, 7) is 5.25. The van der Waals surface area contributed by atoms with Gasteiger partial charge in [-0.15, -0.1) is 0 Å². The summed E-state index contributed by atoms with van der Waals surface area (Å²) in [6.07, 6.45) is 3.34. The molecule has 0 saturated carbocycles. The van der Waals surface area contributed by atoms with Crippen LogP contribution in [-0.4, -0.2) is 50.6 Å². The van der Waals surface area contributed by atoms with Crippen LogP contribution in [0.4, 0.5) is 4.79 Å². The van der Waals surface area contributed by atoms with Gasteiger partial charge < -0.3 is 24.8 Å². The molecule has 2 atom stereocenters. The van der Waals surface area contributed by atoms with Gasteiger partial charge in [0.25, 0.3) is 0 Å². The third-order valence-corrected chi connectivity index (χ3v) is 4.85. The van der Waals surface area contributed by atoms with E-state index < -0.39 is 0 Å². The molecule has 1 aromatic carbocycles. The van der Waals surface area contributed by atoms with E-state index in [4.69, 9.17) is 14.2 Å². The second-order valence-corrected chi connectivity index (χ2v) is 6.71. The van der Waals surface area contributed by atoms with Gasteiger partial charge in [-0.25, -0.2) is 4.79 Å². The maximum atomic E-state index is 12.2. The number of hydrogen-bond donors (Lipinski definition) is 2. The molecule has 0 radical (unpaired) electrons. The van der Waals surface area contributed by atoms with Crippen molar-refractivity contribution >= 4 is 6.03 Å². The molecule has 2 N–H and O–H groups in total. The van der Waals surface area contributed by atoms with E-state index in [0.717, 1.165) is 43.6 Å². The first-order valence-electron chi connectivity index (χ1n) is 9.17. The number of ether oxygens (including phenoxy) is 3. The quantitative estimate of drug-likeness (QED) is 0.827. The highest BCUT2D eigenvalue weighted by Crippen LogP contribution is 2.32. The fourth-order valence-corrected chi connectivity index (χ4v) is 3.57. The summed E-state index contributed by atoms with van der Waals surface area (Å²) in [5.41, 5.74) is 0.921. The van der Waals surface area contributed by atoms with Crippen LogP contribution in [-0.2, 0) is 15.9 Å². The average molecular weight is 348 g/mol. The highest BCUT2D eigenvalue weighted by atomic mass is 16.6. The van der Waals surface area contributed by atoms with Gasteiger partial charge in [-0.05, 0) is 37.8 Å². The summed E-state index contributed by atoms with van der Waals surface area (Å²) in [5, 5.41) is 6.03. The number of benzene rings is 1. The predicted octanol–water partition coefficient (Wildman–Crippen LogP) is 2.27. The fraction of sp³-hybridized carbons (Fsp3) is 0.632. The number of urea groups is 1. The Hall–Kier alpha value is -1.79. The van der Waals surface area contributed by atoms with Crippen molar-refractivity contribution in [3.63, 3.8) is 0 Å². The topological polar surface area (TPSA) is 68.8 Å². The van der Waals surface area contributed by atoms with Gasteiger partial charge in [0.15, 0.2) is 0 Å². The average Bonchev–Trinajstić information content (AvgIpc) is 3.04. The van der Waals surface area contributed by atoms with E-state index in [2.05, 4.69) is 10.6 Å². The van der Waals surface area contributed by atoms with E-state index in [-0.39, 0.29) is 17.7 Å². The van der Waals surface area contributed by atoms with Gasteiger partial charge in [0.1, 0.15) is 5.75 Å². The zero-order chi connectivity index (χ0) is 17.5. The fourth-order valence-electron chi connectivity index (χ4n) is 3.57. The summed E-state index contributed by atoms with van der Waals surface area (Å²) in [4.78, 5) is 12.2.